The second-order valence-corrected chi connectivity index (χ2v) is 8.54. The van der Waals surface area contributed by atoms with Crippen molar-refractivity contribution in [2.45, 2.75) is 0 Å². The Kier molecular flexibility index (Phi) is 6.03. The number of halogens is 3. The number of fused-ring (bicyclic) bond motifs is 2. The SMILES string of the molecule is CN1C=C(Cl)C=c2s/c(=C\C=C\c3nc4c(cc(Cl)c[n+]4C)s3)nc21.[I-]. The number of aryl methyl sites for hydroxylation is 1. The number of anilines is 1. The lowest BCUT2D eigenvalue weighted by molar-refractivity contribution is -0.646. The zero-order valence-corrected chi connectivity index (χ0v) is 19.1. The first kappa shape index (κ1) is 19.8. The molecule has 0 N–H and O–H groups in total. The Hall–Kier alpha value is -1.000. The molecule has 0 radical (unpaired) electrons. The quantitative estimate of drug-likeness (QED) is 0.344. The minimum absolute atomic E-state index is 0. The first-order chi connectivity index (χ1) is 12.0. The van der Waals surface area contributed by atoms with Crippen LogP contribution >= 0.6 is 45.9 Å². The summed E-state index contributed by atoms with van der Waals surface area (Å²) >= 11 is 15.4. The number of hydrogen-bond acceptors (Lipinski definition) is 5. The van der Waals surface area contributed by atoms with Crippen molar-refractivity contribution in [3.8, 4) is 0 Å². The first-order valence-electron chi connectivity index (χ1n) is 7.42. The van der Waals surface area contributed by atoms with Crippen molar-refractivity contribution in [1.82, 2.24) is 9.97 Å². The number of aromatic nitrogens is 3. The highest BCUT2D eigenvalue weighted by atomic mass is 127. The highest BCUT2D eigenvalue weighted by Gasteiger charge is 2.14. The van der Waals surface area contributed by atoms with Crippen LogP contribution in [0.4, 0.5) is 5.82 Å². The minimum atomic E-state index is 0. The molecule has 4 heterocycles. The van der Waals surface area contributed by atoms with E-state index in [1.165, 1.54) is 0 Å². The van der Waals surface area contributed by atoms with E-state index in [0.29, 0.717) is 10.1 Å². The fraction of sp³-hybridized carbons (Fsp3) is 0.118. The van der Waals surface area contributed by atoms with Crippen LogP contribution in [0.1, 0.15) is 5.01 Å². The number of pyridine rings is 1. The molecule has 0 amide bonds. The normalized spacial score (nSPS) is 14.4. The van der Waals surface area contributed by atoms with Gasteiger partial charge in [0, 0.05) is 19.3 Å². The molecule has 0 saturated heterocycles. The molecule has 0 bridgehead atoms. The lowest BCUT2D eigenvalue weighted by Gasteiger charge is -2.13. The van der Waals surface area contributed by atoms with Crippen LogP contribution < -0.4 is 42.6 Å². The van der Waals surface area contributed by atoms with Crippen molar-refractivity contribution in [3.05, 3.63) is 48.8 Å². The van der Waals surface area contributed by atoms with Gasteiger partial charge in [0.2, 0.25) is 5.01 Å². The van der Waals surface area contributed by atoms with Gasteiger partial charge in [-0.15, -0.1) is 11.3 Å². The van der Waals surface area contributed by atoms with E-state index >= 15 is 0 Å². The molecule has 3 aromatic heterocycles. The number of nitrogens with zero attached hydrogens (tertiary/aromatic N) is 4. The van der Waals surface area contributed by atoms with Gasteiger partial charge in [0.05, 0.1) is 21.6 Å². The second kappa shape index (κ2) is 7.93. The molecule has 0 unspecified atom stereocenters. The molecule has 1 aliphatic rings. The summed E-state index contributed by atoms with van der Waals surface area (Å²) in [6.07, 6.45) is 11.6. The average Bonchev–Trinajstić information content (AvgIpc) is 3.11. The minimum Gasteiger partial charge on any atom is -1.00 e. The molecule has 4 nitrogen and oxygen atoms in total. The smallest absolute Gasteiger partial charge is 0.342 e. The van der Waals surface area contributed by atoms with Crippen molar-refractivity contribution in [1.29, 1.82) is 0 Å². The molecule has 0 aliphatic carbocycles. The van der Waals surface area contributed by atoms with Crippen molar-refractivity contribution in [2.24, 2.45) is 7.05 Å². The zero-order chi connectivity index (χ0) is 17.6. The maximum absolute atomic E-state index is 6.10. The van der Waals surface area contributed by atoms with Crippen LogP contribution in [0.2, 0.25) is 5.02 Å². The monoisotopic (exact) mass is 534 g/mol. The number of thiazole rings is 2. The van der Waals surface area contributed by atoms with E-state index < -0.39 is 0 Å². The summed E-state index contributed by atoms with van der Waals surface area (Å²) in [7, 11) is 3.89. The Labute approximate surface area is 185 Å². The molecule has 0 spiro atoms. The molecule has 134 valence electrons. The lowest BCUT2D eigenvalue weighted by atomic mass is 10.4. The van der Waals surface area contributed by atoms with E-state index in [-0.39, 0.29) is 24.0 Å². The summed E-state index contributed by atoms with van der Waals surface area (Å²) < 4.78 is 5.00. The summed E-state index contributed by atoms with van der Waals surface area (Å²) in [6, 6.07) is 1.94. The Bertz CT molecular complexity index is 1160. The predicted octanol–water partition coefficient (Wildman–Crippen LogP) is 0.0391. The van der Waals surface area contributed by atoms with E-state index in [9.17, 15) is 0 Å². The zero-order valence-electron chi connectivity index (χ0n) is 13.8. The van der Waals surface area contributed by atoms with Gasteiger partial charge in [-0.1, -0.05) is 40.6 Å². The Morgan fingerprint density at radius 3 is 2.85 bits per heavy atom. The summed E-state index contributed by atoms with van der Waals surface area (Å²) in [5.41, 5.74) is 0.927. The third kappa shape index (κ3) is 3.96. The third-order valence-electron chi connectivity index (χ3n) is 3.62. The first-order valence-corrected chi connectivity index (χ1v) is 9.81. The van der Waals surface area contributed by atoms with Gasteiger partial charge in [0.1, 0.15) is 15.6 Å². The van der Waals surface area contributed by atoms with E-state index in [2.05, 4.69) is 9.97 Å². The second-order valence-electron chi connectivity index (χ2n) is 5.54. The van der Waals surface area contributed by atoms with E-state index in [1.807, 2.05) is 66.3 Å². The molecular formula is C17H13Cl2IN4S2. The van der Waals surface area contributed by atoms with Gasteiger partial charge < -0.3 is 28.9 Å². The number of hydrogen-bond donors (Lipinski definition) is 0. The number of allylic oxidation sites excluding steroid dienone is 2. The molecule has 0 saturated carbocycles. The van der Waals surface area contributed by atoms with Crippen LogP contribution in [-0.2, 0) is 7.05 Å². The molecule has 4 rings (SSSR count). The summed E-state index contributed by atoms with van der Waals surface area (Å²) in [5, 5.41) is 2.35. The summed E-state index contributed by atoms with van der Waals surface area (Å²) in [5.74, 6) is 0.927. The molecular weight excluding hydrogens is 522 g/mol. The van der Waals surface area contributed by atoms with Crippen molar-refractivity contribution < 1.29 is 28.5 Å². The van der Waals surface area contributed by atoms with Gasteiger partial charge in [-0.2, -0.15) is 0 Å². The standard InChI is InChI=1S/C17H13Cl2N4S2.HI/c1-22-8-10(18)6-12-16(22)20-14(24-12)4-3-5-15-21-17-13(25-15)7-11(19)9-23(17)2;/h3-9H,1-2H3;1H/q+1;/p-1. The Morgan fingerprint density at radius 2 is 2.04 bits per heavy atom. The van der Waals surface area contributed by atoms with Crippen LogP contribution in [0.3, 0.4) is 0 Å². The average molecular weight is 535 g/mol. The van der Waals surface area contributed by atoms with Crippen molar-refractivity contribution in [3.63, 3.8) is 0 Å². The van der Waals surface area contributed by atoms with Gasteiger partial charge in [-0.3, -0.25) is 0 Å². The predicted molar refractivity (Wildman–Crippen MR) is 107 cm³/mol. The molecule has 9 heteroatoms. The molecule has 0 aromatic carbocycles. The van der Waals surface area contributed by atoms with Crippen LogP contribution in [0.5, 0.6) is 0 Å². The van der Waals surface area contributed by atoms with Gasteiger partial charge in [-0.05, 0) is 23.2 Å². The number of rotatable bonds is 2. The van der Waals surface area contributed by atoms with Crippen molar-refractivity contribution >= 4 is 80.3 Å². The summed E-state index contributed by atoms with van der Waals surface area (Å²) in [4.78, 5) is 11.2. The van der Waals surface area contributed by atoms with Gasteiger partial charge in [-0.25, -0.2) is 9.55 Å². The maximum atomic E-state index is 6.10. The Balaban J connectivity index is 0.00000196. The largest absolute Gasteiger partial charge is 1.00 e. The van der Waals surface area contributed by atoms with E-state index in [4.69, 9.17) is 23.2 Å². The van der Waals surface area contributed by atoms with Crippen LogP contribution in [0.15, 0.2) is 29.6 Å². The molecule has 3 aromatic rings. The highest BCUT2D eigenvalue weighted by Crippen LogP contribution is 2.23. The van der Waals surface area contributed by atoms with E-state index in [0.717, 1.165) is 30.4 Å². The van der Waals surface area contributed by atoms with Crippen LogP contribution in [0.25, 0.3) is 28.6 Å². The summed E-state index contributed by atoms with van der Waals surface area (Å²) in [6.45, 7) is 0. The molecule has 1 aliphatic heterocycles. The van der Waals surface area contributed by atoms with Gasteiger partial charge >= 0.3 is 5.65 Å². The van der Waals surface area contributed by atoms with E-state index in [1.54, 1.807) is 22.7 Å². The molecule has 0 fully saturated rings. The third-order valence-corrected chi connectivity index (χ3v) is 5.95. The maximum Gasteiger partial charge on any atom is 0.342 e. The van der Waals surface area contributed by atoms with Crippen LogP contribution in [-0.4, -0.2) is 17.0 Å². The fourth-order valence-corrected chi connectivity index (χ4v) is 5.13. The lowest BCUT2D eigenvalue weighted by Crippen LogP contribution is -3.00. The highest BCUT2D eigenvalue weighted by molar-refractivity contribution is 7.19. The topological polar surface area (TPSA) is 32.9 Å². The molecule has 26 heavy (non-hydrogen) atoms. The van der Waals surface area contributed by atoms with Gasteiger partial charge in [0.25, 0.3) is 0 Å². The van der Waals surface area contributed by atoms with Crippen LogP contribution in [0, 0.1) is 0 Å². The van der Waals surface area contributed by atoms with Crippen molar-refractivity contribution in [2.75, 3.05) is 11.9 Å². The fourth-order valence-electron chi connectivity index (χ4n) is 2.55. The molecule has 0 atom stereocenters. The Morgan fingerprint density at radius 1 is 1.23 bits per heavy atom. The van der Waals surface area contributed by atoms with Gasteiger partial charge in [0.15, 0.2) is 5.82 Å².